The van der Waals surface area contributed by atoms with Crippen LogP contribution >= 0.6 is 0 Å². The highest BCUT2D eigenvalue weighted by molar-refractivity contribution is 5.90. The van der Waals surface area contributed by atoms with Crippen molar-refractivity contribution in [3.05, 3.63) is 23.8 Å². The first-order valence-corrected chi connectivity index (χ1v) is 7.54. The first-order chi connectivity index (χ1) is 10.9. The van der Waals surface area contributed by atoms with E-state index in [0.29, 0.717) is 18.4 Å². The van der Waals surface area contributed by atoms with Crippen molar-refractivity contribution in [3.8, 4) is 11.5 Å². The molecule has 1 atom stereocenters. The van der Waals surface area contributed by atoms with E-state index < -0.39 is 17.6 Å². The zero-order valence-electron chi connectivity index (χ0n) is 13.0. The second kappa shape index (κ2) is 6.87. The Kier molecular flexibility index (Phi) is 5.10. The Morgan fingerprint density at radius 3 is 2.52 bits per heavy atom. The van der Waals surface area contributed by atoms with Crippen LogP contribution in [0.5, 0.6) is 11.5 Å². The predicted octanol–water partition coefficient (Wildman–Crippen LogP) is 0.570. The summed E-state index contributed by atoms with van der Waals surface area (Å²) in [5.41, 5.74) is 5.73. The number of carbonyl (C=O) groups is 2. The number of amides is 1. The summed E-state index contributed by atoms with van der Waals surface area (Å²) in [7, 11) is 1.24. The van der Waals surface area contributed by atoms with Gasteiger partial charge in [-0.05, 0) is 30.5 Å². The highest BCUT2D eigenvalue weighted by Gasteiger charge is 2.39. The summed E-state index contributed by atoms with van der Waals surface area (Å²) >= 11 is 0. The average molecular weight is 322 g/mol. The molecule has 5 N–H and O–H groups in total. The summed E-state index contributed by atoms with van der Waals surface area (Å²) in [6.07, 6.45) is 3.08. The number of aromatic hydroxyl groups is 2. The second-order valence-corrected chi connectivity index (χ2v) is 5.94. The van der Waals surface area contributed by atoms with Crippen molar-refractivity contribution in [1.29, 1.82) is 0 Å². The monoisotopic (exact) mass is 322 g/mol. The van der Waals surface area contributed by atoms with E-state index in [9.17, 15) is 19.8 Å². The number of ether oxygens (including phenoxy) is 1. The van der Waals surface area contributed by atoms with Crippen LogP contribution in [0, 0.1) is 0 Å². The van der Waals surface area contributed by atoms with Gasteiger partial charge in [0.15, 0.2) is 11.5 Å². The molecule has 0 spiro atoms. The molecule has 1 aromatic carbocycles. The molecule has 0 aliphatic heterocycles. The number of methoxy groups -OCH3 is 1. The third-order valence-corrected chi connectivity index (χ3v) is 4.22. The molecule has 0 unspecified atom stereocenters. The zero-order valence-corrected chi connectivity index (χ0v) is 13.0. The molecular weight excluding hydrogens is 300 g/mol. The molecule has 23 heavy (non-hydrogen) atoms. The van der Waals surface area contributed by atoms with E-state index in [4.69, 9.17) is 10.5 Å². The molecule has 1 amide bonds. The number of benzene rings is 1. The molecule has 126 valence electrons. The van der Waals surface area contributed by atoms with E-state index in [1.165, 1.54) is 19.2 Å². The van der Waals surface area contributed by atoms with Gasteiger partial charge in [-0.1, -0.05) is 18.9 Å². The number of phenolic OH excluding ortho intramolecular Hbond substituents is 2. The Balaban J connectivity index is 2.12. The zero-order chi connectivity index (χ0) is 17.0. The van der Waals surface area contributed by atoms with Gasteiger partial charge in [-0.2, -0.15) is 0 Å². The van der Waals surface area contributed by atoms with Gasteiger partial charge in [0.25, 0.3) is 0 Å². The van der Waals surface area contributed by atoms with Crippen LogP contribution in [0.2, 0.25) is 0 Å². The molecule has 7 nitrogen and oxygen atoms in total. The fourth-order valence-electron chi connectivity index (χ4n) is 2.80. The number of hydrogen-bond acceptors (Lipinski definition) is 6. The third kappa shape index (κ3) is 3.92. The van der Waals surface area contributed by atoms with E-state index in [-0.39, 0.29) is 23.8 Å². The number of rotatable bonds is 5. The smallest absolute Gasteiger partial charge is 0.328 e. The summed E-state index contributed by atoms with van der Waals surface area (Å²) in [4.78, 5) is 24.3. The van der Waals surface area contributed by atoms with Crippen LogP contribution < -0.4 is 11.1 Å². The first kappa shape index (κ1) is 17.1. The van der Waals surface area contributed by atoms with Crippen molar-refractivity contribution in [2.75, 3.05) is 7.11 Å². The molecule has 0 saturated heterocycles. The second-order valence-electron chi connectivity index (χ2n) is 5.94. The van der Waals surface area contributed by atoms with E-state index in [1.807, 2.05) is 0 Å². The van der Waals surface area contributed by atoms with E-state index >= 15 is 0 Å². The summed E-state index contributed by atoms with van der Waals surface area (Å²) in [6, 6.07) is 3.32. The van der Waals surface area contributed by atoms with Gasteiger partial charge in [0, 0.05) is 6.42 Å². The molecular formula is C16H22N2O5. The Bertz CT molecular complexity index is 596. The van der Waals surface area contributed by atoms with Crippen molar-refractivity contribution < 1.29 is 24.5 Å². The molecule has 7 heteroatoms. The Hall–Kier alpha value is -2.28. The van der Waals surface area contributed by atoms with Gasteiger partial charge in [0.1, 0.15) is 6.04 Å². The number of phenols is 2. The van der Waals surface area contributed by atoms with Gasteiger partial charge in [-0.15, -0.1) is 0 Å². The maximum absolute atomic E-state index is 12.4. The van der Waals surface area contributed by atoms with Gasteiger partial charge in [0.2, 0.25) is 5.91 Å². The third-order valence-electron chi connectivity index (χ3n) is 4.22. The fourth-order valence-corrected chi connectivity index (χ4v) is 2.80. The molecule has 1 saturated carbocycles. The number of hydrogen-bond donors (Lipinski definition) is 4. The average Bonchev–Trinajstić information content (AvgIpc) is 2.97. The highest BCUT2D eigenvalue weighted by Crippen LogP contribution is 2.28. The normalized spacial score (nSPS) is 17.5. The fraction of sp³-hybridized carbons (Fsp3) is 0.500. The molecule has 0 heterocycles. The van der Waals surface area contributed by atoms with Crippen LogP contribution in [0.4, 0.5) is 0 Å². The Morgan fingerprint density at radius 1 is 1.30 bits per heavy atom. The molecule has 0 aromatic heterocycles. The summed E-state index contributed by atoms with van der Waals surface area (Å²) in [6.45, 7) is 0. The topological polar surface area (TPSA) is 122 Å². The van der Waals surface area contributed by atoms with Gasteiger partial charge in [-0.3, -0.25) is 4.79 Å². The molecule has 1 aromatic rings. The lowest BCUT2D eigenvalue weighted by Crippen LogP contribution is -2.56. The van der Waals surface area contributed by atoms with Gasteiger partial charge < -0.3 is 26.0 Å². The van der Waals surface area contributed by atoms with Crippen LogP contribution in [-0.2, 0) is 20.7 Å². The summed E-state index contributed by atoms with van der Waals surface area (Å²) in [5.74, 6) is -1.50. The van der Waals surface area contributed by atoms with Crippen LogP contribution in [0.15, 0.2) is 18.2 Å². The number of nitrogens with one attached hydrogen (secondary N) is 1. The molecule has 0 bridgehead atoms. The van der Waals surface area contributed by atoms with Crippen molar-refractivity contribution in [2.24, 2.45) is 5.73 Å². The molecule has 1 aliphatic rings. The SMILES string of the molecule is COC(=O)[C@H](Cc1ccc(O)c(O)c1)NC(=O)C1(N)CCCC1. The predicted molar refractivity (Wildman–Crippen MR) is 82.8 cm³/mol. The lowest BCUT2D eigenvalue weighted by Gasteiger charge is -2.25. The maximum Gasteiger partial charge on any atom is 0.328 e. The minimum absolute atomic E-state index is 0.127. The van der Waals surface area contributed by atoms with Crippen molar-refractivity contribution in [2.45, 2.75) is 43.7 Å². The Morgan fingerprint density at radius 2 is 1.96 bits per heavy atom. The Labute approximate surface area is 134 Å². The quantitative estimate of drug-likeness (QED) is 0.464. The van der Waals surface area contributed by atoms with Gasteiger partial charge >= 0.3 is 5.97 Å². The van der Waals surface area contributed by atoms with Crippen molar-refractivity contribution >= 4 is 11.9 Å². The standard InChI is InChI=1S/C16H22N2O5/c1-23-14(21)11(8-10-4-5-12(19)13(20)9-10)18-15(22)16(17)6-2-3-7-16/h4-5,9,11,19-20H,2-3,6-8,17H2,1H3,(H,18,22)/t11-/m0/s1. The number of esters is 1. The van der Waals surface area contributed by atoms with E-state index in [2.05, 4.69) is 5.32 Å². The van der Waals surface area contributed by atoms with Crippen molar-refractivity contribution in [3.63, 3.8) is 0 Å². The van der Waals surface area contributed by atoms with Crippen LogP contribution in [0.1, 0.15) is 31.2 Å². The largest absolute Gasteiger partial charge is 0.504 e. The lowest BCUT2D eigenvalue weighted by molar-refractivity contribution is -0.145. The van der Waals surface area contributed by atoms with Crippen LogP contribution in [-0.4, -0.2) is 40.8 Å². The van der Waals surface area contributed by atoms with Crippen LogP contribution in [0.25, 0.3) is 0 Å². The number of carbonyl (C=O) groups excluding carboxylic acids is 2. The minimum Gasteiger partial charge on any atom is -0.504 e. The summed E-state index contributed by atoms with van der Waals surface area (Å²) < 4.78 is 4.73. The molecule has 1 aliphatic carbocycles. The molecule has 0 radical (unpaired) electrons. The molecule has 2 rings (SSSR count). The highest BCUT2D eigenvalue weighted by atomic mass is 16.5. The van der Waals surface area contributed by atoms with Gasteiger partial charge in [0.05, 0.1) is 12.6 Å². The summed E-state index contributed by atoms with van der Waals surface area (Å²) in [5, 5.41) is 21.5. The van der Waals surface area contributed by atoms with Crippen molar-refractivity contribution in [1.82, 2.24) is 5.32 Å². The molecule has 1 fully saturated rings. The van der Waals surface area contributed by atoms with Gasteiger partial charge in [-0.25, -0.2) is 4.79 Å². The maximum atomic E-state index is 12.4. The first-order valence-electron chi connectivity index (χ1n) is 7.54. The van der Waals surface area contributed by atoms with E-state index in [1.54, 1.807) is 6.07 Å². The van der Waals surface area contributed by atoms with E-state index in [0.717, 1.165) is 12.8 Å². The minimum atomic E-state index is -0.941. The number of nitrogens with two attached hydrogens (primary N) is 1. The van der Waals surface area contributed by atoms with Crippen LogP contribution in [0.3, 0.4) is 0 Å². The lowest BCUT2D eigenvalue weighted by atomic mass is 9.96.